The summed E-state index contributed by atoms with van der Waals surface area (Å²) in [7, 11) is -3.63. The zero-order valence-corrected chi connectivity index (χ0v) is 19.7. The number of benzene rings is 1. The van der Waals surface area contributed by atoms with E-state index >= 15 is 0 Å². The van der Waals surface area contributed by atoms with Gasteiger partial charge >= 0.3 is 0 Å². The fourth-order valence-electron chi connectivity index (χ4n) is 4.28. The van der Waals surface area contributed by atoms with Crippen molar-refractivity contribution in [3.63, 3.8) is 0 Å². The Morgan fingerprint density at radius 2 is 1.84 bits per heavy atom. The third-order valence-electron chi connectivity index (χ3n) is 6.08. The molecule has 1 heterocycles. The first kappa shape index (κ1) is 24.1. The lowest BCUT2D eigenvalue weighted by Crippen LogP contribution is -2.53. The van der Waals surface area contributed by atoms with E-state index in [1.54, 1.807) is 42.1 Å². The SMILES string of the molecule is CSCC[C@@H](NC(=O)[C@H]1CCCN(S(=O)(=O)c2ccccc2)C1)C(=O)NC1CCCC1. The van der Waals surface area contributed by atoms with Crippen molar-refractivity contribution in [2.24, 2.45) is 5.92 Å². The van der Waals surface area contributed by atoms with Crippen LogP contribution in [0.1, 0.15) is 44.9 Å². The molecule has 0 aromatic heterocycles. The molecule has 1 aromatic carbocycles. The van der Waals surface area contributed by atoms with Gasteiger partial charge in [0.15, 0.2) is 0 Å². The Labute approximate surface area is 189 Å². The number of amides is 2. The summed E-state index contributed by atoms with van der Waals surface area (Å²) >= 11 is 1.64. The van der Waals surface area contributed by atoms with Gasteiger partial charge in [-0.05, 0) is 56.2 Å². The normalized spacial score (nSPS) is 21.5. The summed E-state index contributed by atoms with van der Waals surface area (Å²) in [6.07, 6.45) is 8.00. The van der Waals surface area contributed by atoms with Gasteiger partial charge in [-0.25, -0.2) is 8.42 Å². The van der Waals surface area contributed by atoms with E-state index in [4.69, 9.17) is 0 Å². The topological polar surface area (TPSA) is 95.6 Å². The number of carbonyl (C=O) groups is 2. The number of sulfonamides is 1. The minimum Gasteiger partial charge on any atom is -0.352 e. The molecule has 2 fully saturated rings. The summed E-state index contributed by atoms with van der Waals surface area (Å²) < 4.78 is 27.3. The number of rotatable bonds is 9. The van der Waals surface area contributed by atoms with Gasteiger partial charge in [-0.3, -0.25) is 9.59 Å². The molecular weight excluding hydrogens is 434 g/mol. The predicted octanol–water partition coefficient (Wildman–Crippen LogP) is 2.38. The van der Waals surface area contributed by atoms with Crippen LogP contribution in [0.25, 0.3) is 0 Å². The minimum atomic E-state index is -3.63. The van der Waals surface area contributed by atoms with Gasteiger partial charge in [0.2, 0.25) is 21.8 Å². The summed E-state index contributed by atoms with van der Waals surface area (Å²) in [6, 6.07) is 7.93. The molecule has 1 saturated heterocycles. The molecule has 2 N–H and O–H groups in total. The molecule has 1 aliphatic heterocycles. The molecule has 31 heavy (non-hydrogen) atoms. The second-order valence-electron chi connectivity index (χ2n) is 8.35. The minimum absolute atomic E-state index is 0.126. The van der Waals surface area contributed by atoms with Crippen LogP contribution < -0.4 is 10.6 Å². The number of hydrogen-bond donors (Lipinski definition) is 2. The average molecular weight is 468 g/mol. The van der Waals surface area contributed by atoms with Crippen LogP contribution in [0.15, 0.2) is 35.2 Å². The Morgan fingerprint density at radius 1 is 1.13 bits per heavy atom. The molecule has 1 saturated carbocycles. The van der Waals surface area contributed by atoms with Crippen LogP contribution in [-0.4, -0.2) is 61.7 Å². The maximum absolute atomic E-state index is 13.0. The molecule has 2 atom stereocenters. The van der Waals surface area contributed by atoms with Crippen LogP contribution >= 0.6 is 11.8 Å². The molecule has 2 aliphatic rings. The van der Waals surface area contributed by atoms with Gasteiger partial charge in [0, 0.05) is 19.1 Å². The Bertz CT molecular complexity index is 842. The Hall–Kier alpha value is -1.58. The number of thioether (sulfide) groups is 1. The van der Waals surface area contributed by atoms with E-state index < -0.39 is 22.0 Å². The van der Waals surface area contributed by atoms with Gasteiger partial charge in [0.25, 0.3) is 0 Å². The standard InChI is InChI=1S/C22H33N3O4S2/c1-30-15-13-20(22(27)23-18-9-5-6-10-18)24-21(26)17-8-7-14-25(16-17)31(28,29)19-11-3-2-4-12-19/h2-4,11-12,17-18,20H,5-10,13-16H2,1H3,(H,23,27)(H,24,26)/t17-,20+/m0/s1. The summed E-state index contributed by atoms with van der Waals surface area (Å²) in [5, 5.41) is 6.00. The summed E-state index contributed by atoms with van der Waals surface area (Å²) in [4.78, 5) is 26.0. The first-order valence-corrected chi connectivity index (χ1v) is 13.9. The van der Waals surface area contributed by atoms with Crippen molar-refractivity contribution in [3.05, 3.63) is 30.3 Å². The molecule has 7 nitrogen and oxygen atoms in total. The highest BCUT2D eigenvalue weighted by atomic mass is 32.2. The summed E-state index contributed by atoms with van der Waals surface area (Å²) in [6.45, 7) is 0.543. The third-order valence-corrected chi connectivity index (χ3v) is 8.60. The molecule has 0 radical (unpaired) electrons. The van der Waals surface area contributed by atoms with Crippen molar-refractivity contribution in [1.29, 1.82) is 0 Å². The Balaban J connectivity index is 1.63. The van der Waals surface area contributed by atoms with Crippen LogP contribution in [0.3, 0.4) is 0 Å². The molecule has 0 bridgehead atoms. The highest BCUT2D eigenvalue weighted by Crippen LogP contribution is 2.24. The maximum Gasteiger partial charge on any atom is 0.243 e. The van der Waals surface area contributed by atoms with Crippen molar-refractivity contribution < 1.29 is 18.0 Å². The van der Waals surface area contributed by atoms with E-state index in [0.717, 1.165) is 31.4 Å². The zero-order valence-electron chi connectivity index (χ0n) is 18.1. The lowest BCUT2D eigenvalue weighted by molar-refractivity contribution is -0.132. The van der Waals surface area contributed by atoms with Crippen molar-refractivity contribution in [3.8, 4) is 0 Å². The highest BCUT2D eigenvalue weighted by molar-refractivity contribution is 7.98. The number of nitrogens with one attached hydrogen (secondary N) is 2. The first-order valence-electron chi connectivity index (χ1n) is 11.1. The molecule has 3 rings (SSSR count). The van der Waals surface area contributed by atoms with E-state index in [2.05, 4.69) is 10.6 Å². The third kappa shape index (κ3) is 6.46. The predicted molar refractivity (Wildman–Crippen MR) is 123 cm³/mol. The van der Waals surface area contributed by atoms with Gasteiger partial charge in [-0.15, -0.1) is 0 Å². The van der Waals surface area contributed by atoms with Crippen molar-refractivity contribution in [1.82, 2.24) is 14.9 Å². The fraction of sp³-hybridized carbons (Fsp3) is 0.636. The van der Waals surface area contributed by atoms with Crippen LogP contribution in [-0.2, 0) is 19.6 Å². The molecule has 2 amide bonds. The van der Waals surface area contributed by atoms with Gasteiger partial charge in [0.05, 0.1) is 10.8 Å². The molecule has 172 valence electrons. The van der Waals surface area contributed by atoms with E-state index in [-0.39, 0.29) is 29.3 Å². The van der Waals surface area contributed by atoms with E-state index in [1.165, 1.54) is 4.31 Å². The second-order valence-corrected chi connectivity index (χ2v) is 11.3. The fourth-order valence-corrected chi connectivity index (χ4v) is 6.30. The number of nitrogens with zero attached hydrogens (tertiary/aromatic N) is 1. The summed E-state index contributed by atoms with van der Waals surface area (Å²) in [5.74, 6) is -0.0508. The van der Waals surface area contributed by atoms with E-state index in [9.17, 15) is 18.0 Å². The quantitative estimate of drug-likeness (QED) is 0.581. The molecule has 1 aliphatic carbocycles. The largest absolute Gasteiger partial charge is 0.352 e. The van der Waals surface area contributed by atoms with Gasteiger partial charge in [-0.2, -0.15) is 16.1 Å². The van der Waals surface area contributed by atoms with E-state index in [1.807, 2.05) is 6.26 Å². The number of piperidine rings is 1. The monoisotopic (exact) mass is 467 g/mol. The van der Waals surface area contributed by atoms with Crippen LogP contribution in [0, 0.1) is 5.92 Å². The maximum atomic E-state index is 13.0. The smallest absolute Gasteiger partial charge is 0.243 e. The van der Waals surface area contributed by atoms with Crippen molar-refractivity contribution in [2.45, 2.75) is 61.9 Å². The lowest BCUT2D eigenvalue weighted by atomic mass is 9.98. The zero-order chi connectivity index (χ0) is 22.3. The van der Waals surface area contributed by atoms with Crippen LogP contribution in [0.5, 0.6) is 0 Å². The number of hydrogen-bond acceptors (Lipinski definition) is 5. The van der Waals surface area contributed by atoms with Crippen molar-refractivity contribution in [2.75, 3.05) is 25.1 Å². The second kappa shape index (κ2) is 11.3. The van der Waals surface area contributed by atoms with Gasteiger partial charge in [-0.1, -0.05) is 31.0 Å². The van der Waals surface area contributed by atoms with Crippen molar-refractivity contribution >= 4 is 33.6 Å². The van der Waals surface area contributed by atoms with Gasteiger partial charge in [0.1, 0.15) is 6.04 Å². The first-order chi connectivity index (χ1) is 14.9. The molecule has 0 spiro atoms. The lowest BCUT2D eigenvalue weighted by Gasteiger charge is -2.32. The summed E-state index contributed by atoms with van der Waals surface area (Å²) in [5.41, 5.74) is 0. The molecule has 9 heteroatoms. The van der Waals surface area contributed by atoms with Gasteiger partial charge < -0.3 is 10.6 Å². The Kier molecular flexibility index (Phi) is 8.80. The molecule has 1 aromatic rings. The van der Waals surface area contributed by atoms with E-state index in [0.29, 0.717) is 25.8 Å². The average Bonchev–Trinajstić information content (AvgIpc) is 3.30. The Morgan fingerprint density at radius 3 is 2.52 bits per heavy atom. The number of carbonyl (C=O) groups excluding carboxylic acids is 2. The molecular formula is C22H33N3O4S2. The van der Waals surface area contributed by atoms with Crippen LogP contribution in [0.4, 0.5) is 0 Å². The molecule has 0 unspecified atom stereocenters. The highest BCUT2D eigenvalue weighted by Gasteiger charge is 2.35. The van der Waals surface area contributed by atoms with Crippen LogP contribution in [0.2, 0.25) is 0 Å².